The van der Waals surface area contributed by atoms with Crippen LogP contribution in [0.15, 0.2) is 53.0 Å². The van der Waals surface area contributed by atoms with E-state index in [1.54, 1.807) is 12.1 Å². The van der Waals surface area contributed by atoms with Crippen molar-refractivity contribution < 1.29 is 34.1 Å². The molecule has 2 aromatic carbocycles. The fourth-order valence-electron chi connectivity index (χ4n) is 4.28. The van der Waals surface area contributed by atoms with Crippen LogP contribution in [-0.4, -0.2) is 121 Å². The number of nitrogens with one attached hydrogen (secondary N) is 1. The lowest BCUT2D eigenvalue weighted by Gasteiger charge is -2.36. The van der Waals surface area contributed by atoms with Crippen LogP contribution < -0.4 is 10.1 Å². The molecule has 0 aromatic heterocycles. The number of anilines is 1. The quantitative estimate of drug-likeness (QED) is 0.256. The van der Waals surface area contributed by atoms with Crippen molar-refractivity contribution in [3.8, 4) is 5.75 Å². The molecular weight excluding hydrogens is 632 g/mol. The Morgan fingerprint density at radius 2 is 1.50 bits per heavy atom. The summed E-state index contributed by atoms with van der Waals surface area (Å²) < 4.78 is 12.3. The third kappa shape index (κ3) is 12.1. The van der Waals surface area contributed by atoms with Crippen molar-refractivity contribution in [2.45, 2.75) is 0 Å². The number of aliphatic carboxylic acids is 2. The Balaban J connectivity index is 0.000000730. The number of hydrogen-bond donors (Lipinski definition) is 3. The number of carbonyl (C=O) groups is 3. The topological polar surface area (TPSA) is 132 Å². The molecule has 2 aliphatic heterocycles. The van der Waals surface area contributed by atoms with Crippen molar-refractivity contribution in [3.05, 3.63) is 63.6 Å². The van der Waals surface area contributed by atoms with Gasteiger partial charge >= 0.3 is 11.9 Å². The van der Waals surface area contributed by atoms with E-state index in [4.69, 9.17) is 40.9 Å². The summed E-state index contributed by atoms with van der Waals surface area (Å²) in [6.45, 7) is 11.9. The number of amides is 1. The average molecular weight is 668 g/mol. The summed E-state index contributed by atoms with van der Waals surface area (Å²) in [4.78, 5) is 38.1. The van der Waals surface area contributed by atoms with Gasteiger partial charge in [-0.15, -0.1) is 0 Å². The highest BCUT2D eigenvalue weighted by Crippen LogP contribution is 2.28. The van der Waals surface area contributed by atoms with Crippen molar-refractivity contribution in [1.29, 1.82) is 0 Å². The number of carboxylic acid groups (broad SMARTS) is 2. The maximum Gasteiger partial charge on any atom is 0.414 e. The van der Waals surface area contributed by atoms with Crippen LogP contribution in [0.3, 0.4) is 0 Å². The zero-order valence-corrected chi connectivity index (χ0v) is 25.6. The Hall–Kier alpha value is -3.00. The largest absolute Gasteiger partial charge is 0.491 e. The van der Waals surface area contributed by atoms with E-state index < -0.39 is 11.9 Å². The molecule has 0 unspecified atom stereocenters. The molecule has 4 rings (SSSR count). The summed E-state index contributed by atoms with van der Waals surface area (Å²) >= 11 is 9.70. The van der Waals surface area contributed by atoms with E-state index in [1.165, 1.54) is 6.08 Å². The summed E-state index contributed by atoms with van der Waals surface area (Å²) in [5.41, 5.74) is 1.47. The minimum absolute atomic E-state index is 0.227. The van der Waals surface area contributed by atoms with Crippen LogP contribution in [0.2, 0.25) is 5.02 Å². The molecule has 228 valence electrons. The molecule has 11 nitrogen and oxygen atoms in total. The smallest absolute Gasteiger partial charge is 0.414 e. The number of halogens is 2. The molecule has 0 atom stereocenters. The van der Waals surface area contributed by atoms with E-state index >= 15 is 0 Å². The highest BCUT2D eigenvalue weighted by atomic mass is 79.9. The number of morpholine rings is 1. The van der Waals surface area contributed by atoms with Gasteiger partial charge in [0.05, 0.1) is 17.7 Å². The summed E-state index contributed by atoms with van der Waals surface area (Å²) in [5, 5.41) is 18.3. The van der Waals surface area contributed by atoms with Gasteiger partial charge in [0.15, 0.2) is 0 Å². The van der Waals surface area contributed by atoms with E-state index in [-0.39, 0.29) is 5.91 Å². The Morgan fingerprint density at radius 1 is 0.905 bits per heavy atom. The first-order chi connectivity index (χ1) is 20.2. The average Bonchev–Trinajstić information content (AvgIpc) is 2.99. The summed E-state index contributed by atoms with van der Waals surface area (Å²) in [6, 6.07) is 13.0. The fourth-order valence-corrected chi connectivity index (χ4v) is 4.84. The van der Waals surface area contributed by atoms with Gasteiger partial charge < -0.3 is 25.0 Å². The first kappa shape index (κ1) is 33.5. The molecular formula is C29H36BrClN4O7. The molecule has 13 heteroatoms. The van der Waals surface area contributed by atoms with E-state index in [9.17, 15) is 4.79 Å². The Morgan fingerprint density at radius 3 is 2.12 bits per heavy atom. The van der Waals surface area contributed by atoms with Crippen LogP contribution in [0.25, 0.3) is 6.08 Å². The molecule has 3 N–H and O–H groups in total. The Kier molecular flexibility index (Phi) is 14.2. The van der Waals surface area contributed by atoms with Crippen LogP contribution in [-0.2, 0) is 19.1 Å². The number of hydrogen-bond acceptors (Lipinski definition) is 8. The summed E-state index contributed by atoms with van der Waals surface area (Å²) in [7, 11) is 0. The Labute approximate surface area is 258 Å². The molecule has 2 saturated heterocycles. The highest BCUT2D eigenvalue weighted by Gasteiger charge is 2.18. The number of piperazine rings is 1. The zero-order valence-electron chi connectivity index (χ0n) is 23.2. The summed E-state index contributed by atoms with van der Waals surface area (Å²) in [6.07, 6.45) is 3.18. The molecule has 0 radical (unpaired) electrons. The molecule has 2 fully saturated rings. The van der Waals surface area contributed by atoms with Crippen molar-refractivity contribution in [1.82, 2.24) is 14.7 Å². The van der Waals surface area contributed by atoms with Gasteiger partial charge in [0.25, 0.3) is 0 Å². The number of carbonyl (C=O) groups excluding carboxylic acids is 1. The third-order valence-corrected chi connectivity index (χ3v) is 7.67. The number of benzene rings is 2. The molecule has 2 aliphatic rings. The molecule has 0 saturated carbocycles. The molecule has 2 aromatic rings. The lowest BCUT2D eigenvalue weighted by molar-refractivity contribution is -0.159. The highest BCUT2D eigenvalue weighted by molar-refractivity contribution is 9.10. The predicted octanol–water partition coefficient (Wildman–Crippen LogP) is 3.24. The molecule has 0 aliphatic carbocycles. The number of rotatable bonds is 10. The van der Waals surface area contributed by atoms with Crippen LogP contribution in [0, 0.1) is 0 Å². The monoisotopic (exact) mass is 666 g/mol. The second-order valence-corrected chi connectivity index (χ2v) is 10.8. The molecule has 2 heterocycles. The molecule has 1 amide bonds. The van der Waals surface area contributed by atoms with E-state index in [0.29, 0.717) is 23.1 Å². The number of nitrogens with zero attached hydrogens (tertiary/aromatic N) is 3. The fraction of sp³-hybridized carbons (Fsp3) is 0.414. The van der Waals surface area contributed by atoms with E-state index in [2.05, 4.69) is 35.9 Å². The summed E-state index contributed by atoms with van der Waals surface area (Å²) in [5.74, 6) is -3.16. The zero-order chi connectivity index (χ0) is 30.3. The van der Waals surface area contributed by atoms with Crippen molar-refractivity contribution in [3.63, 3.8) is 0 Å². The van der Waals surface area contributed by atoms with Crippen LogP contribution in [0.4, 0.5) is 5.69 Å². The number of ether oxygens (including phenoxy) is 2. The van der Waals surface area contributed by atoms with Gasteiger partial charge in [-0.25, -0.2) is 9.59 Å². The van der Waals surface area contributed by atoms with E-state index in [1.807, 2.05) is 36.4 Å². The third-order valence-electron chi connectivity index (χ3n) is 6.67. The van der Waals surface area contributed by atoms with Gasteiger partial charge in [-0.3, -0.25) is 19.5 Å². The van der Waals surface area contributed by atoms with Gasteiger partial charge in [0.1, 0.15) is 12.4 Å². The van der Waals surface area contributed by atoms with Crippen molar-refractivity contribution in [2.75, 3.05) is 84.0 Å². The van der Waals surface area contributed by atoms with Crippen LogP contribution >= 0.6 is 27.5 Å². The van der Waals surface area contributed by atoms with Gasteiger partial charge in [0, 0.05) is 81.8 Å². The number of carboxylic acids is 2. The van der Waals surface area contributed by atoms with Gasteiger partial charge in [0.2, 0.25) is 5.91 Å². The minimum Gasteiger partial charge on any atom is -0.491 e. The molecule has 42 heavy (non-hydrogen) atoms. The lowest BCUT2D eigenvalue weighted by atomic mass is 10.2. The van der Waals surface area contributed by atoms with Gasteiger partial charge in [-0.05, 0) is 45.8 Å². The SMILES string of the molecule is O=C(/C=C/c1ccccc1Cl)Nc1ccc(Br)c(OCCN2CCN(CCN3CCOCC3)CC2)c1.O=C(O)C(=O)O. The normalized spacial score (nSPS) is 16.4. The first-order valence-corrected chi connectivity index (χ1v) is 14.8. The second-order valence-electron chi connectivity index (χ2n) is 9.59. The lowest BCUT2D eigenvalue weighted by Crippen LogP contribution is -2.50. The van der Waals surface area contributed by atoms with Crippen LogP contribution in [0.5, 0.6) is 5.75 Å². The minimum atomic E-state index is -1.82. The maximum atomic E-state index is 12.4. The molecule has 0 spiro atoms. The Bertz CT molecular complexity index is 1210. The van der Waals surface area contributed by atoms with E-state index in [0.717, 1.165) is 82.2 Å². The first-order valence-electron chi connectivity index (χ1n) is 13.6. The molecule has 0 bridgehead atoms. The van der Waals surface area contributed by atoms with Crippen LogP contribution in [0.1, 0.15) is 5.56 Å². The maximum absolute atomic E-state index is 12.4. The van der Waals surface area contributed by atoms with Gasteiger partial charge in [-0.2, -0.15) is 0 Å². The second kappa shape index (κ2) is 17.8. The van der Waals surface area contributed by atoms with Crippen molar-refractivity contribution >= 4 is 57.1 Å². The standard InChI is InChI=1S/C27H34BrClN4O3.C2H2O4/c28-24-7-6-23(30-27(34)8-5-22-3-1-2-4-25(22)29)21-26(24)36-20-17-32-12-9-31(10-13-32)11-14-33-15-18-35-19-16-33;3-1(4)2(5)6/h1-8,21H,9-20H2,(H,30,34);(H,3,4)(H,5,6)/b8-5+;. The predicted molar refractivity (Wildman–Crippen MR) is 164 cm³/mol. The van der Waals surface area contributed by atoms with Crippen molar-refractivity contribution in [2.24, 2.45) is 0 Å². The van der Waals surface area contributed by atoms with Gasteiger partial charge in [-0.1, -0.05) is 29.8 Å².